The Morgan fingerprint density at radius 2 is 1.96 bits per heavy atom. The van der Waals surface area contributed by atoms with Crippen LogP contribution in [-0.2, 0) is 17.7 Å². The Hall–Kier alpha value is -2.16. The summed E-state index contributed by atoms with van der Waals surface area (Å²) < 4.78 is 4.84. The van der Waals surface area contributed by atoms with Gasteiger partial charge in [0.2, 0.25) is 0 Å². The molecule has 0 saturated heterocycles. The molecule has 0 radical (unpaired) electrons. The van der Waals surface area contributed by atoms with Crippen molar-refractivity contribution < 1.29 is 9.53 Å². The molecule has 1 aliphatic rings. The number of hydrogen-bond donors (Lipinski definition) is 2. The molecule has 1 fully saturated rings. The zero-order chi connectivity index (χ0) is 18.5. The fraction of sp³-hybridized carbons (Fsp3) is 0.350. The number of methoxy groups -OCH3 is 1. The first-order valence-electron chi connectivity index (χ1n) is 8.84. The van der Waals surface area contributed by atoms with Crippen molar-refractivity contribution in [2.24, 2.45) is 10.7 Å². The highest BCUT2D eigenvalue weighted by atomic mass is 127. The van der Waals surface area contributed by atoms with E-state index in [4.69, 9.17) is 10.5 Å². The lowest BCUT2D eigenvalue weighted by atomic mass is 10.1. The lowest BCUT2D eigenvalue weighted by Crippen LogP contribution is -2.22. The second-order valence-corrected chi connectivity index (χ2v) is 6.38. The number of rotatable bonds is 6. The number of benzene rings is 1. The topological polar surface area (TPSA) is 89.6 Å². The summed E-state index contributed by atoms with van der Waals surface area (Å²) in [5.74, 6) is 0.341. The summed E-state index contributed by atoms with van der Waals surface area (Å²) >= 11 is 0. The van der Waals surface area contributed by atoms with Crippen molar-refractivity contribution in [3.8, 4) is 0 Å². The first kappa shape index (κ1) is 21.1. The van der Waals surface area contributed by atoms with Gasteiger partial charge in [-0.15, -0.1) is 24.0 Å². The molecule has 1 heterocycles. The third-order valence-corrected chi connectivity index (χ3v) is 4.40. The third kappa shape index (κ3) is 5.66. The van der Waals surface area contributed by atoms with Gasteiger partial charge in [0, 0.05) is 11.6 Å². The fourth-order valence-corrected chi connectivity index (χ4v) is 2.73. The zero-order valence-corrected chi connectivity index (χ0v) is 17.9. The van der Waals surface area contributed by atoms with E-state index in [0.717, 1.165) is 36.3 Å². The van der Waals surface area contributed by atoms with E-state index in [2.05, 4.69) is 34.3 Å². The lowest BCUT2D eigenvalue weighted by molar-refractivity contribution is 0.0598. The Labute approximate surface area is 176 Å². The van der Waals surface area contributed by atoms with Crippen LogP contribution in [-0.4, -0.2) is 24.0 Å². The molecule has 0 spiro atoms. The Balaban J connectivity index is 0.00000261. The molecule has 0 atom stereocenters. The predicted octanol–water partition coefficient (Wildman–Crippen LogP) is 3.85. The largest absolute Gasteiger partial charge is 0.465 e. The standard InChI is InChI=1S/C20H24N4O2.HI/c1-3-13-4-8-15(9-5-13)24-20(21)22-12-16-10-11-17(19(25)26-2)18(23-16)14-6-7-14;/h4-5,8-11,14H,3,6-7,12H2,1-2H3,(H3,21,22,24);1H. The van der Waals surface area contributed by atoms with E-state index in [-0.39, 0.29) is 29.9 Å². The number of guanidine groups is 1. The number of nitrogens with two attached hydrogens (primary N) is 1. The second kappa shape index (κ2) is 9.68. The predicted molar refractivity (Wildman–Crippen MR) is 118 cm³/mol. The summed E-state index contributed by atoms with van der Waals surface area (Å²) in [4.78, 5) is 20.8. The molecule has 7 heteroatoms. The molecule has 0 unspecified atom stereocenters. The number of anilines is 1. The molecule has 3 N–H and O–H groups in total. The van der Waals surface area contributed by atoms with Crippen molar-refractivity contribution >= 4 is 41.6 Å². The van der Waals surface area contributed by atoms with E-state index < -0.39 is 0 Å². The van der Waals surface area contributed by atoms with Gasteiger partial charge in [-0.3, -0.25) is 4.98 Å². The summed E-state index contributed by atoms with van der Waals surface area (Å²) in [5.41, 5.74) is 10.3. The second-order valence-electron chi connectivity index (χ2n) is 6.38. The number of nitrogens with zero attached hydrogens (tertiary/aromatic N) is 2. The maximum atomic E-state index is 11.9. The summed E-state index contributed by atoms with van der Waals surface area (Å²) in [5, 5.41) is 3.08. The van der Waals surface area contributed by atoms with Gasteiger partial charge in [0.05, 0.1) is 30.6 Å². The van der Waals surface area contributed by atoms with Crippen molar-refractivity contribution in [1.82, 2.24) is 4.98 Å². The number of esters is 1. The van der Waals surface area contributed by atoms with E-state index in [1.54, 1.807) is 12.1 Å². The number of aryl methyl sites for hydroxylation is 1. The average molecular weight is 480 g/mol. The first-order chi connectivity index (χ1) is 12.6. The van der Waals surface area contributed by atoms with Crippen molar-refractivity contribution in [2.75, 3.05) is 12.4 Å². The Morgan fingerprint density at radius 1 is 1.26 bits per heavy atom. The molecule has 0 bridgehead atoms. The maximum Gasteiger partial charge on any atom is 0.339 e. The van der Waals surface area contributed by atoms with Gasteiger partial charge in [0.15, 0.2) is 5.96 Å². The SMILES string of the molecule is CCc1ccc(NC(N)=NCc2ccc(C(=O)OC)c(C3CC3)n2)cc1.I. The molecular weight excluding hydrogens is 455 g/mol. The molecule has 6 nitrogen and oxygen atoms in total. The van der Waals surface area contributed by atoms with Crippen molar-refractivity contribution in [3.63, 3.8) is 0 Å². The number of pyridine rings is 1. The number of halogens is 1. The quantitative estimate of drug-likeness (QED) is 0.284. The number of aliphatic imine (C=N–C) groups is 1. The Bertz CT molecular complexity index is 817. The summed E-state index contributed by atoms with van der Waals surface area (Å²) in [6.45, 7) is 2.47. The maximum absolute atomic E-state index is 11.9. The normalized spacial score (nSPS) is 13.6. The Morgan fingerprint density at radius 3 is 2.56 bits per heavy atom. The van der Waals surface area contributed by atoms with Crippen molar-refractivity contribution in [2.45, 2.75) is 38.6 Å². The highest BCUT2D eigenvalue weighted by Crippen LogP contribution is 2.40. The lowest BCUT2D eigenvalue weighted by Gasteiger charge is -2.09. The van der Waals surface area contributed by atoms with E-state index in [9.17, 15) is 4.79 Å². The summed E-state index contributed by atoms with van der Waals surface area (Å²) in [7, 11) is 1.39. The van der Waals surface area contributed by atoms with Crippen LogP contribution in [0.15, 0.2) is 41.4 Å². The van der Waals surface area contributed by atoms with Gasteiger partial charge in [-0.2, -0.15) is 0 Å². The van der Waals surface area contributed by atoms with Gasteiger partial charge in [0.25, 0.3) is 0 Å². The van der Waals surface area contributed by atoms with Gasteiger partial charge in [0.1, 0.15) is 0 Å². The van der Waals surface area contributed by atoms with E-state index in [1.807, 2.05) is 12.1 Å². The van der Waals surface area contributed by atoms with Gasteiger partial charge in [-0.25, -0.2) is 9.79 Å². The fourth-order valence-electron chi connectivity index (χ4n) is 2.73. The number of hydrogen-bond acceptors (Lipinski definition) is 4. The summed E-state index contributed by atoms with van der Waals surface area (Å²) in [6, 6.07) is 11.6. The molecule has 144 valence electrons. The van der Waals surface area contributed by atoms with E-state index >= 15 is 0 Å². The highest BCUT2D eigenvalue weighted by Gasteiger charge is 2.30. The molecule has 1 aromatic carbocycles. The van der Waals surface area contributed by atoms with Crippen molar-refractivity contribution in [3.05, 3.63) is 58.9 Å². The third-order valence-electron chi connectivity index (χ3n) is 4.40. The number of nitrogens with one attached hydrogen (secondary N) is 1. The van der Waals surface area contributed by atoms with Crippen LogP contribution >= 0.6 is 24.0 Å². The van der Waals surface area contributed by atoms with Crippen LogP contribution in [0.25, 0.3) is 0 Å². The van der Waals surface area contributed by atoms with Crippen LogP contribution in [0, 0.1) is 0 Å². The Kier molecular flexibility index (Phi) is 7.58. The molecule has 0 aliphatic heterocycles. The number of aromatic nitrogens is 1. The van der Waals surface area contributed by atoms with E-state index in [0.29, 0.717) is 24.0 Å². The van der Waals surface area contributed by atoms with Crippen LogP contribution in [0.3, 0.4) is 0 Å². The van der Waals surface area contributed by atoms with E-state index in [1.165, 1.54) is 12.7 Å². The minimum Gasteiger partial charge on any atom is -0.465 e. The minimum atomic E-state index is -0.342. The molecule has 2 aromatic rings. The van der Waals surface area contributed by atoms with Gasteiger partial charge in [-0.1, -0.05) is 19.1 Å². The average Bonchev–Trinajstić information content (AvgIpc) is 3.51. The molecule has 1 aliphatic carbocycles. The van der Waals surface area contributed by atoms with Gasteiger partial charge < -0.3 is 15.8 Å². The van der Waals surface area contributed by atoms with Crippen LogP contribution in [0.5, 0.6) is 0 Å². The zero-order valence-electron chi connectivity index (χ0n) is 15.6. The monoisotopic (exact) mass is 480 g/mol. The molecule has 3 rings (SSSR count). The van der Waals surface area contributed by atoms with Gasteiger partial charge >= 0.3 is 5.97 Å². The number of ether oxygens (including phenoxy) is 1. The van der Waals surface area contributed by atoms with Crippen molar-refractivity contribution in [1.29, 1.82) is 0 Å². The van der Waals surface area contributed by atoms with Crippen LogP contribution in [0.1, 0.15) is 53.0 Å². The van der Waals surface area contributed by atoms with Crippen LogP contribution in [0.4, 0.5) is 5.69 Å². The molecule has 27 heavy (non-hydrogen) atoms. The molecular formula is C20H25IN4O2. The highest BCUT2D eigenvalue weighted by molar-refractivity contribution is 14.0. The molecule has 1 aromatic heterocycles. The number of carbonyl (C=O) groups is 1. The minimum absolute atomic E-state index is 0. The number of carbonyl (C=O) groups excluding carboxylic acids is 1. The molecule has 0 amide bonds. The summed E-state index contributed by atoms with van der Waals surface area (Å²) in [6.07, 6.45) is 3.11. The van der Waals surface area contributed by atoms with Gasteiger partial charge in [-0.05, 0) is 49.1 Å². The van der Waals surface area contributed by atoms with Crippen LogP contribution in [0.2, 0.25) is 0 Å². The van der Waals surface area contributed by atoms with Crippen LogP contribution < -0.4 is 11.1 Å². The first-order valence-corrected chi connectivity index (χ1v) is 8.84. The smallest absolute Gasteiger partial charge is 0.339 e. The molecule has 1 saturated carbocycles.